The normalized spacial score (nSPS) is 30.3. The van der Waals surface area contributed by atoms with Crippen molar-refractivity contribution in [2.75, 3.05) is 0 Å². The molecule has 0 saturated carbocycles. The van der Waals surface area contributed by atoms with Gasteiger partial charge in [-0.25, -0.2) is 9.04 Å². The summed E-state index contributed by atoms with van der Waals surface area (Å²) in [4.78, 5) is 2.46. The molecule has 1 N–H and O–H groups in total. The van der Waals surface area contributed by atoms with Gasteiger partial charge >= 0.3 is 0 Å². The summed E-state index contributed by atoms with van der Waals surface area (Å²) < 4.78 is 10.1. The Hall–Kier alpha value is -0.0300. The summed E-state index contributed by atoms with van der Waals surface area (Å²) in [5, 5.41) is 3.45. The predicted octanol–water partition coefficient (Wildman–Crippen LogP) is -0.155. The van der Waals surface area contributed by atoms with Gasteiger partial charge in [0.05, 0.1) is 11.0 Å². The van der Waals surface area contributed by atoms with Gasteiger partial charge in [0.1, 0.15) is 15.4 Å². The first-order valence-corrected chi connectivity index (χ1v) is 3.80. The third kappa shape index (κ3) is 0.721. The highest BCUT2D eigenvalue weighted by molar-refractivity contribution is 8.73. The molecule has 1 aliphatic heterocycles. The molecule has 1 rings (SSSR count). The van der Waals surface area contributed by atoms with Crippen LogP contribution in [-0.2, 0) is 9.83 Å². The quantitative estimate of drug-likeness (QED) is 0.358. The van der Waals surface area contributed by atoms with Crippen LogP contribution in [0.4, 0.5) is 0 Å². The summed E-state index contributed by atoms with van der Waals surface area (Å²) in [6, 6.07) is 0. The predicted molar refractivity (Wildman–Crippen MR) is 27.4 cm³/mol. The maximum atomic E-state index is 10.1. The highest BCUT2D eigenvalue weighted by Gasteiger charge is 1.98. The van der Waals surface area contributed by atoms with Crippen LogP contribution in [0.3, 0.4) is 0 Å². The molecule has 0 spiro atoms. The van der Waals surface area contributed by atoms with E-state index < -0.39 is 9.83 Å². The fourth-order valence-electron chi connectivity index (χ4n) is 0.144. The summed E-state index contributed by atoms with van der Waals surface area (Å²) in [5.74, 6) is 0. The van der Waals surface area contributed by atoms with Crippen molar-refractivity contribution in [3.05, 3.63) is 0 Å². The molecule has 6 heavy (non-hydrogen) atoms. The van der Waals surface area contributed by atoms with Gasteiger partial charge < -0.3 is 0 Å². The van der Waals surface area contributed by atoms with Crippen molar-refractivity contribution in [2.24, 2.45) is 5.10 Å². The van der Waals surface area contributed by atoms with Crippen molar-refractivity contribution < 1.29 is 4.21 Å². The molecule has 1 aliphatic rings. The number of hydrazone groups is 1. The lowest BCUT2D eigenvalue weighted by Crippen LogP contribution is -1.79. The second-order valence-electron chi connectivity index (χ2n) is 0.670. The van der Waals surface area contributed by atoms with Crippen LogP contribution in [0.15, 0.2) is 5.10 Å². The molecule has 0 radical (unpaired) electrons. The molecule has 5 heteroatoms. The molecule has 3 nitrogen and oxygen atoms in total. The van der Waals surface area contributed by atoms with Gasteiger partial charge in [-0.15, -0.1) is 0 Å². The number of hydrogen-bond donors (Lipinski definition) is 1. The molecule has 0 bridgehead atoms. The fraction of sp³-hybridized carbons (Fsp3) is 0. The highest BCUT2D eigenvalue weighted by Crippen LogP contribution is 2.03. The Kier molecular flexibility index (Phi) is 1.11. The van der Waals surface area contributed by atoms with Crippen molar-refractivity contribution in [3.8, 4) is 0 Å². The fourth-order valence-corrected chi connectivity index (χ4v) is 1.17. The number of nitrogens with zero attached hydrogens (tertiary/aromatic N) is 1. The molecule has 1 unspecified atom stereocenters. The van der Waals surface area contributed by atoms with Crippen molar-refractivity contribution >= 4 is 26.4 Å². The Labute approximate surface area is 41.2 Å². The SMILES string of the molecule is O=S1C=NNS1. The van der Waals surface area contributed by atoms with Gasteiger partial charge in [-0.1, -0.05) is 0 Å². The monoisotopic (exact) mass is 122 g/mol. The third-order valence-corrected chi connectivity index (χ3v) is 1.91. The summed E-state index contributed by atoms with van der Waals surface area (Å²) >= 11 is 0. The molecule has 0 aliphatic carbocycles. The minimum Gasteiger partial charge on any atom is -0.240 e. The average Bonchev–Trinajstić information content (AvgIpc) is 1.86. The van der Waals surface area contributed by atoms with Gasteiger partial charge in [0, 0.05) is 0 Å². The number of hydrogen-bond acceptors (Lipinski definition) is 4. The van der Waals surface area contributed by atoms with E-state index in [1.165, 1.54) is 5.55 Å². The minimum absolute atomic E-state index is 0.909. The molecule has 0 fully saturated rings. The van der Waals surface area contributed by atoms with Crippen LogP contribution in [0.25, 0.3) is 0 Å². The summed E-state index contributed by atoms with van der Waals surface area (Å²) in [6.45, 7) is 0. The molecule has 0 aromatic carbocycles. The zero-order valence-electron chi connectivity index (χ0n) is 2.75. The number of rotatable bonds is 0. The summed E-state index contributed by atoms with van der Waals surface area (Å²) in [7, 11) is 0.188. The second-order valence-corrected chi connectivity index (χ2v) is 3.24. The smallest absolute Gasteiger partial charge is 0.148 e. The molecule has 0 amide bonds. The molecule has 1 heterocycles. The van der Waals surface area contributed by atoms with E-state index >= 15 is 0 Å². The van der Waals surface area contributed by atoms with Crippen LogP contribution in [0.5, 0.6) is 0 Å². The molecular weight excluding hydrogens is 120 g/mol. The first kappa shape index (κ1) is 4.14. The van der Waals surface area contributed by atoms with E-state index in [1.54, 1.807) is 0 Å². The van der Waals surface area contributed by atoms with Crippen LogP contribution in [0.2, 0.25) is 0 Å². The highest BCUT2D eigenvalue weighted by atomic mass is 33.1. The van der Waals surface area contributed by atoms with Crippen LogP contribution in [0, 0.1) is 0 Å². The van der Waals surface area contributed by atoms with Crippen molar-refractivity contribution in [1.82, 2.24) is 4.83 Å². The van der Waals surface area contributed by atoms with Gasteiger partial charge in [-0.2, -0.15) is 5.10 Å². The largest absolute Gasteiger partial charge is 0.240 e. The Balaban J connectivity index is 2.59. The maximum absolute atomic E-state index is 10.1. The van der Waals surface area contributed by atoms with Crippen LogP contribution in [0.1, 0.15) is 0 Å². The Morgan fingerprint density at radius 1 is 2.00 bits per heavy atom. The molecule has 0 aromatic heterocycles. The first-order chi connectivity index (χ1) is 2.89. The molecule has 0 aromatic rings. The van der Waals surface area contributed by atoms with E-state index in [0.29, 0.717) is 0 Å². The van der Waals surface area contributed by atoms with E-state index in [-0.39, 0.29) is 0 Å². The zero-order chi connectivity index (χ0) is 4.41. The van der Waals surface area contributed by atoms with E-state index in [9.17, 15) is 4.21 Å². The van der Waals surface area contributed by atoms with Crippen LogP contribution < -0.4 is 4.83 Å². The lowest BCUT2D eigenvalue weighted by molar-refractivity contribution is 0.698. The Morgan fingerprint density at radius 3 is 3.00 bits per heavy atom. The lowest BCUT2D eigenvalue weighted by Gasteiger charge is -1.74. The van der Waals surface area contributed by atoms with E-state index in [4.69, 9.17) is 0 Å². The van der Waals surface area contributed by atoms with Crippen molar-refractivity contribution in [2.45, 2.75) is 0 Å². The van der Waals surface area contributed by atoms with E-state index in [2.05, 4.69) is 9.93 Å². The molecular formula is CH2N2OS2. The average molecular weight is 122 g/mol. The van der Waals surface area contributed by atoms with Gasteiger partial charge in [0.15, 0.2) is 0 Å². The second kappa shape index (κ2) is 1.61. The maximum Gasteiger partial charge on any atom is 0.148 e. The van der Waals surface area contributed by atoms with Gasteiger partial charge in [-0.3, -0.25) is 0 Å². The summed E-state index contributed by atoms with van der Waals surface area (Å²) in [5.41, 5.74) is 1.35. The first-order valence-electron chi connectivity index (χ1n) is 1.25. The van der Waals surface area contributed by atoms with Gasteiger partial charge in [-0.05, 0) is 0 Å². The Morgan fingerprint density at radius 2 is 2.83 bits per heavy atom. The topological polar surface area (TPSA) is 41.5 Å². The van der Waals surface area contributed by atoms with Crippen molar-refractivity contribution in [1.29, 1.82) is 0 Å². The van der Waals surface area contributed by atoms with Crippen LogP contribution >= 0.6 is 11.0 Å². The zero-order valence-corrected chi connectivity index (χ0v) is 4.38. The van der Waals surface area contributed by atoms with Crippen molar-refractivity contribution in [3.63, 3.8) is 0 Å². The summed E-state index contributed by atoms with van der Waals surface area (Å²) in [6.07, 6.45) is 0. The number of nitrogens with one attached hydrogen (secondary N) is 1. The van der Waals surface area contributed by atoms with E-state index in [0.717, 1.165) is 11.0 Å². The lowest BCUT2D eigenvalue weighted by atomic mass is 11.7. The molecule has 34 valence electrons. The standard InChI is InChI=1S/CH2N2OS2/c4-6-1-2-3-5-6/h1,3H. The molecule has 0 saturated heterocycles. The van der Waals surface area contributed by atoms with Crippen LogP contribution in [-0.4, -0.2) is 9.76 Å². The van der Waals surface area contributed by atoms with Gasteiger partial charge in [0.2, 0.25) is 0 Å². The minimum atomic E-state index is -0.909. The molecule has 1 atom stereocenters. The van der Waals surface area contributed by atoms with Gasteiger partial charge in [0.25, 0.3) is 0 Å². The third-order valence-electron chi connectivity index (χ3n) is 0.311. The van der Waals surface area contributed by atoms with E-state index in [1.807, 2.05) is 0 Å². The Bertz CT molecular complexity index is 99.7.